The number of rotatable bonds is 4. The molecule has 1 atom stereocenters. The Balaban J connectivity index is 1.91. The first-order valence-electron chi connectivity index (χ1n) is 5.03. The van der Waals surface area contributed by atoms with Crippen LogP contribution in [0.2, 0.25) is 0 Å². The Labute approximate surface area is 88.7 Å². The summed E-state index contributed by atoms with van der Waals surface area (Å²) in [7, 11) is 0. The van der Waals surface area contributed by atoms with Gasteiger partial charge in [0.05, 0.1) is 24.3 Å². The smallest absolute Gasteiger partial charge is 0.120 e. The lowest BCUT2D eigenvalue weighted by Gasteiger charge is -2.10. The van der Waals surface area contributed by atoms with Crippen molar-refractivity contribution < 1.29 is 4.42 Å². The zero-order chi connectivity index (χ0) is 10.7. The predicted octanol–water partition coefficient (Wildman–Crippen LogP) is 2.16. The van der Waals surface area contributed by atoms with Gasteiger partial charge in [-0.05, 0) is 26.0 Å². The van der Waals surface area contributed by atoms with E-state index in [9.17, 15) is 0 Å². The number of aryl methyl sites for hydroxylation is 1. The van der Waals surface area contributed by atoms with Crippen LogP contribution in [-0.2, 0) is 6.54 Å². The van der Waals surface area contributed by atoms with Crippen LogP contribution in [0.1, 0.15) is 30.1 Å². The van der Waals surface area contributed by atoms with Crippen LogP contribution in [0.15, 0.2) is 29.1 Å². The van der Waals surface area contributed by atoms with Gasteiger partial charge in [-0.3, -0.25) is 0 Å². The molecular weight excluding hydrogens is 190 g/mol. The molecule has 0 aliphatic rings. The minimum Gasteiger partial charge on any atom is -0.468 e. The summed E-state index contributed by atoms with van der Waals surface area (Å²) in [6, 6.07) is 4.07. The van der Waals surface area contributed by atoms with E-state index in [-0.39, 0.29) is 6.04 Å². The second-order valence-corrected chi connectivity index (χ2v) is 3.59. The molecule has 4 heteroatoms. The summed E-state index contributed by atoms with van der Waals surface area (Å²) in [5.41, 5.74) is 2.16. The van der Waals surface area contributed by atoms with Gasteiger partial charge >= 0.3 is 0 Å². The summed E-state index contributed by atoms with van der Waals surface area (Å²) >= 11 is 0. The number of hydrogen-bond acceptors (Lipinski definition) is 3. The third-order valence-corrected chi connectivity index (χ3v) is 2.48. The largest absolute Gasteiger partial charge is 0.468 e. The average Bonchev–Trinajstić information content (AvgIpc) is 2.85. The zero-order valence-corrected chi connectivity index (χ0v) is 8.95. The Hall–Kier alpha value is -1.55. The molecule has 0 aliphatic carbocycles. The Morgan fingerprint density at radius 3 is 3.07 bits per heavy atom. The molecule has 0 fully saturated rings. The number of aromatic amines is 1. The second kappa shape index (κ2) is 4.31. The van der Waals surface area contributed by atoms with Gasteiger partial charge in [-0.25, -0.2) is 4.98 Å². The number of furan rings is 1. The molecule has 0 spiro atoms. The first kappa shape index (κ1) is 9.98. The van der Waals surface area contributed by atoms with E-state index >= 15 is 0 Å². The van der Waals surface area contributed by atoms with E-state index in [1.807, 2.05) is 19.1 Å². The molecule has 2 aromatic heterocycles. The molecule has 0 aromatic carbocycles. The van der Waals surface area contributed by atoms with Gasteiger partial charge in [0.2, 0.25) is 0 Å². The first-order valence-corrected chi connectivity index (χ1v) is 5.03. The Morgan fingerprint density at radius 2 is 2.47 bits per heavy atom. The quantitative estimate of drug-likeness (QED) is 0.804. The van der Waals surface area contributed by atoms with Crippen molar-refractivity contribution in [1.82, 2.24) is 15.3 Å². The van der Waals surface area contributed by atoms with Gasteiger partial charge in [0.15, 0.2) is 0 Å². The summed E-state index contributed by atoms with van der Waals surface area (Å²) in [4.78, 5) is 7.27. The number of nitrogens with one attached hydrogen (secondary N) is 2. The van der Waals surface area contributed by atoms with Gasteiger partial charge in [-0.1, -0.05) is 0 Å². The summed E-state index contributed by atoms with van der Waals surface area (Å²) in [6.07, 6.45) is 3.40. The van der Waals surface area contributed by atoms with E-state index in [0.717, 1.165) is 23.7 Å². The molecule has 2 heterocycles. The minimum absolute atomic E-state index is 0.205. The van der Waals surface area contributed by atoms with Crippen LogP contribution in [0.4, 0.5) is 0 Å². The molecule has 2 aromatic rings. The molecule has 80 valence electrons. The second-order valence-electron chi connectivity index (χ2n) is 3.59. The van der Waals surface area contributed by atoms with E-state index < -0.39 is 0 Å². The lowest BCUT2D eigenvalue weighted by molar-refractivity contribution is 0.428. The molecule has 15 heavy (non-hydrogen) atoms. The van der Waals surface area contributed by atoms with Crippen LogP contribution in [0.5, 0.6) is 0 Å². The summed E-state index contributed by atoms with van der Waals surface area (Å²) in [5.74, 6) is 0.947. The maximum absolute atomic E-state index is 5.30. The van der Waals surface area contributed by atoms with Crippen molar-refractivity contribution in [3.8, 4) is 0 Å². The molecule has 0 saturated heterocycles. The maximum atomic E-state index is 5.30. The molecule has 0 aliphatic heterocycles. The Morgan fingerprint density at radius 1 is 1.60 bits per heavy atom. The molecule has 0 bridgehead atoms. The highest BCUT2D eigenvalue weighted by atomic mass is 16.3. The highest BCUT2D eigenvalue weighted by Gasteiger charge is 2.08. The predicted molar refractivity (Wildman–Crippen MR) is 57.3 cm³/mol. The highest BCUT2D eigenvalue weighted by molar-refractivity contribution is 5.09. The number of imidazole rings is 1. The standard InChI is InChI=1S/C11H15N3O/c1-8-10(14-7-13-8)6-12-9(2)11-4-3-5-15-11/h3-5,7,9,12H,6H2,1-2H3,(H,13,14)/t9-/m0/s1. The molecule has 0 radical (unpaired) electrons. The average molecular weight is 205 g/mol. The fourth-order valence-electron chi connectivity index (χ4n) is 1.45. The summed E-state index contributed by atoms with van der Waals surface area (Å²) in [5, 5.41) is 3.35. The molecule has 4 nitrogen and oxygen atoms in total. The van der Waals surface area contributed by atoms with E-state index in [1.165, 1.54) is 0 Å². The van der Waals surface area contributed by atoms with Crippen LogP contribution < -0.4 is 5.32 Å². The van der Waals surface area contributed by atoms with Crippen LogP contribution in [0, 0.1) is 6.92 Å². The van der Waals surface area contributed by atoms with E-state index in [1.54, 1.807) is 12.6 Å². The lowest BCUT2D eigenvalue weighted by Crippen LogP contribution is -2.18. The summed E-state index contributed by atoms with van der Waals surface area (Å²) in [6.45, 7) is 4.83. The minimum atomic E-state index is 0.205. The van der Waals surface area contributed by atoms with Crippen molar-refractivity contribution in [3.63, 3.8) is 0 Å². The van der Waals surface area contributed by atoms with E-state index in [4.69, 9.17) is 4.42 Å². The zero-order valence-electron chi connectivity index (χ0n) is 8.95. The van der Waals surface area contributed by atoms with Crippen LogP contribution in [0.25, 0.3) is 0 Å². The normalized spacial score (nSPS) is 12.9. The van der Waals surface area contributed by atoms with E-state index in [2.05, 4.69) is 22.2 Å². The third kappa shape index (κ3) is 2.27. The van der Waals surface area contributed by atoms with Crippen molar-refractivity contribution in [2.45, 2.75) is 26.4 Å². The maximum Gasteiger partial charge on any atom is 0.120 e. The highest BCUT2D eigenvalue weighted by Crippen LogP contribution is 2.13. The van der Waals surface area contributed by atoms with Crippen molar-refractivity contribution in [1.29, 1.82) is 0 Å². The number of aromatic nitrogens is 2. The fraction of sp³-hybridized carbons (Fsp3) is 0.364. The van der Waals surface area contributed by atoms with Crippen LogP contribution >= 0.6 is 0 Å². The Bertz CT molecular complexity index is 405. The SMILES string of the molecule is Cc1[nH]cnc1CN[C@@H](C)c1ccco1. The van der Waals surface area contributed by atoms with Crippen molar-refractivity contribution in [2.24, 2.45) is 0 Å². The topological polar surface area (TPSA) is 53.9 Å². The first-order chi connectivity index (χ1) is 7.27. The lowest BCUT2D eigenvalue weighted by atomic mass is 10.2. The van der Waals surface area contributed by atoms with Crippen molar-refractivity contribution in [2.75, 3.05) is 0 Å². The van der Waals surface area contributed by atoms with Crippen molar-refractivity contribution in [3.05, 3.63) is 41.9 Å². The third-order valence-electron chi connectivity index (χ3n) is 2.48. The summed E-state index contributed by atoms with van der Waals surface area (Å²) < 4.78 is 5.30. The number of nitrogens with zero attached hydrogens (tertiary/aromatic N) is 1. The number of H-pyrrole nitrogens is 1. The molecule has 0 unspecified atom stereocenters. The van der Waals surface area contributed by atoms with Gasteiger partial charge in [-0.15, -0.1) is 0 Å². The number of hydrogen-bond donors (Lipinski definition) is 2. The molecule has 2 N–H and O–H groups in total. The van der Waals surface area contributed by atoms with Gasteiger partial charge in [0.25, 0.3) is 0 Å². The van der Waals surface area contributed by atoms with Gasteiger partial charge in [-0.2, -0.15) is 0 Å². The van der Waals surface area contributed by atoms with Crippen LogP contribution in [0.3, 0.4) is 0 Å². The van der Waals surface area contributed by atoms with Gasteiger partial charge in [0.1, 0.15) is 5.76 Å². The van der Waals surface area contributed by atoms with Gasteiger partial charge in [0, 0.05) is 12.2 Å². The molecular formula is C11H15N3O. The Kier molecular flexibility index (Phi) is 2.87. The fourth-order valence-corrected chi connectivity index (χ4v) is 1.45. The van der Waals surface area contributed by atoms with E-state index in [0.29, 0.717) is 0 Å². The molecule has 0 amide bonds. The molecule has 2 rings (SSSR count). The van der Waals surface area contributed by atoms with Crippen molar-refractivity contribution >= 4 is 0 Å². The van der Waals surface area contributed by atoms with Gasteiger partial charge < -0.3 is 14.7 Å². The monoisotopic (exact) mass is 205 g/mol. The van der Waals surface area contributed by atoms with Crippen LogP contribution in [-0.4, -0.2) is 9.97 Å². The molecule has 0 saturated carbocycles.